The molecule has 0 spiro atoms. The number of methoxy groups -OCH3 is 1. The Labute approximate surface area is 426 Å². The van der Waals surface area contributed by atoms with Crippen molar-refractivity contribution in [2.24, 2.45) is 0 Å². The Morgan fingerprint density at radius 1 is 0.485 bits per heavy atom. The molecule has 0 aromatic heterocycles. The number of hydrogen-bond donors (Lipinski definition) is 3. The summed E-state index contributed by atoms with van der Waals surface area (Å²) in [5, 5.41) is 1.99. The van der Waals surface area contributed by atoms with E-state index in [2.05, 4.69) is 57.9 Å². The predicted molar refractivity (Wildman–Crippen MR) is 284 cm³/mol. The Morgan fingerprint density at radius 3 is 1.13 bits per heavy atom. The Balaban J connectivity index is -0.000000255. The molecule has 0 fully saturated rings. The van der Waals surface area contributed by atoms with Gasteiger partial charge >= 0.3 is 23.9 Å². The van der Waals surface area contributed by atoms with Gasteiger partial charge in [-0.3, -0.25) is 24.0 Å². The van der Waals surface area contributed by atoms with Gasteiger partial charge in [-0.25, -0.2) is 0 Å². The highest BCUT2D eigenvalue weighted by Gasteiger charge is 2.19. The quantitative estimate of drug-likeness (QED) is 0.0131. The monoisotopic (exact) mass is 1020 g/mol. The van der Waals surface area contributed by atoms with E-state index < -0.39 is 18.2 Å². The first-order valence-electron chi connectivity index (χ1n) is 25.7. The highest BCUT2D eigenvalue weighted by Crippen LogP contribution is 2.09. The molecule has 0 aliphatic heterocycles. The number of rotatable bonds is 42. The summed E-state index contributed by atoms with van der Waals surface area (Å²) in [6, 6.07) is 0. The van der Waals surface area contributed by atoms with E-state index in [4.69, 9.17) is 33.2 Å². The van der Waals surface area contributed by atoms with Crippen LogP contribution in [0.1, 0.15) is 236 Å². The van der Waals surface area contributed by atoms with E-state index in [1.165, 1.54) is 71.3 Å². The van der Waals surface area contributed by atoms with E-state index in [0.717, 1.165) is 83.3 Å². The zero-order valence-corrected chi connectivity index (χ0v) is 45.6. The van der Waals surface area contributed by atoms with E-state index >= 15 is 0 Å². The molecule has 2 N–H and O–H groups in total. The van der Waals surface area contributed by atoms with Crippen molar-refractivity contribution in [3.63, 3.8) is 0 Å². The molecule has 0 heterocycles. The molecular formula is C52H106NO13S2+. The third kappa shape index (κ3) is 74.8. The summed E-state index contributed by atoms with van der Waals surface area (Å²) < 4.78 is 31.0. The average Bonchev–Trinajstić information content (AvgIpc) is 3.35. The maximum Gasteiger partial charge on any atom is 0.306 e. The molecule has 0 radical (unpaired) electrons. The number of carbonyl (C=O) groups is 7. The second-order valence-corrected chi connectivity index (χ2v) is 15.7. The summed E-state index contributed by atoms with van der Waals surface area (Å²) in [6.45, 7) is 18.3. The van der Waals surface area contributed by atoms with Crippen LogP contribution < -0.4 is 5.32 Å². The smallest absolute Gasteiger partial charge is 0.306 e. The minimum atomic E-state index is -0.854. The lowest BCUT2D eigenvalue weighted by molar-refractivity contribution is -0.655. The number of aldehydes is 1. The minimum absolute atomic E-state index is 0. The normalized spacial score (nSPS) is 10.5. The lowest BCUT2D eigenvalue weighted by Crippen LogP contribution is -2.84. The maximum atomic E-state index is 12.2. The zero-order chi connectivity index (χ0) is 51.9. The van der Waals surface area contributed by atoms with Crippen LogP contribution in [0.25, 0.3) is 0 Å². The second-order valence-electron chi connectivity index (χ2n) is 15.7. The fraction of sp³-hybridized carbons (Fsp3) is 0.865. The molecular weight excluding hydrogens is 911 g/mol. The lowest BCUT2D eigenvalue weighted by atomic mass is 10.1. The van der Waals surface area contributed by atoms with Crippen molar-refractivity contribution in [1.82, 2.24) is 0 Å². The molecule has 68 heavy (non-hydrogen) atoms. The van der Waals surface area contributed by atoms with Crippen LogP contribution in [0, 0.1) is 0 Å². The van der Waals surface area contributed by atoms with Crippen molar-refractivity contribution in [1.29, 1.82) is 0 Å². The first kappa shape index (κ1) is 79.4. The highest BCUT2D eigenvalue weighted by atomic mass is 33.1. The zero-order valence-electron chi connectivity index (χ0n) is 43.8. The van der Waals surface area contributed by atoms with Crippen molar-refractivity contribution >= 4 is 66.7 Å². The number of esters is 4. The molecule has 0 rings (SSSR count). The summed E-state index contributed by atoms with van der Waals surface area (Å²) >= 11 is 6.44. The lowest BCUT2D eigenvalue weighted by Gasteiger charge is -2.17. The van der Waals surface area contributed by atoms with Gasteiger partial charge in [-0.2, -0.15) is 0 Å². The number of thiol groups is 2. The van der Waals surface area contributed by atoms with Gasteiger partial charge in [-0.1, -0.05) is 171 Å². The van der Waals surface area contributed by atoms with Gasteiger partial charge in [0.05, 0.1) is 32.5 Å². The molecule has 0 amide bonds. The Hall–Kier alpha value is -2.69. The standard InChI is InChI=1S/C32H57NO11.C8H16O.C8H18.C2H6.CH2O.CH4.H2S2/c1-4-6-8-10-12-16-29(35)41-24-27(22-39-3)43-31(37)18-14-20-33-21-15-19-32(38)44-28(23-40-26-34)25-42-30(36)17-13-11-9-7-5-2;1-2-3-4-5-6-7-8-9;1-3-5-7-8-6-4-2;2*1-2;;1-2/h26-28,33H,4-25H2,1-3H3;8H,2-7H2,1H3;3-8H2,1-2H3;1-2H3;1H2;1H4;1-2H/p+1. The fourth-order valence-electron chi connectivity index (χ4n) is 5.93. The van der Waals surface area contributed by atoms with Gasteiger partial charge < -0.3 is 43.3 Å². The molecule has 2 atom stereocenters. The second kappa shape index (κ2) is 75.8. The number of carbonyl (C=O) groups excluding carboxylic acids is 7. The number of nitrogens with two attached hydrogens (primary N) is 1. The van der Waals surface area contributed by atoms with E-state index in [-0.39, 0.29) is 71.1 Å². The molecule has 0 bridgehead atoms. The van der Waals surface area contributed by atoms with Gasteiger partial charge in [0.2, 0.25) is 0 Å². The van der Waals surface area contributed by atoms with Crippen LogP contribution >= 0.6 is 23.3 Å². The van der Waals surface area contributed by atoms with E-state index in [1.54, 1.807) is 0 Å². The first-order chi connectivity index (χ1) is 32.7. The van der Waals surface area contributed by atoms with Gasteiger partial charge in [-0.15, -0.1) is 23.3 Å². The molecule has 0 saturated carbocycles. The first-order valence-corrected chi connectivity index (χ1v) is 27.3. The van der Waals surface area contributed by atoms with E-state index in [9.17, 15) is 28.8 Å². The molecule has 0 aromatic carbocycles. The van der Waals surface area contributed by atoms with Crippen LogP contribution in [0.5, 0.6) is 0 Å². The number of quaternary nitrogens is 1. The Kier molecular flexibility index (Phi) is 88.6. The number of unbranched alkanes of at least 4 members (excludes halogenated alkanes) is 18. The number of hydrogen-bond acceptors (Lipinski definition) is 15. The summed E-state index contributed by atoms with van der Waals surface area (Å²) in [5.74, 6) is -1.53. The van der Waals surface area contributed by atoms with Crippen LogP contribution in [0.4, 0.5) is 0 Å². The van der Waals surface area contributed by atoms with Crippen LogP contribution in [0.2, 0.25) is 0 Å². The third-order valence-electron chi connectivity index (χ3n) is 9.59. The van der Waals surface area contributed by atoms with Crippen LogP contribution in [-0.4, -0.2) is 102 Å². The van der Waals surface area contributed by atoms with E-state index in [1.807, 2.05) is 26.0 Å². The highest BCUT2D eigenvalue weighted by molar-refractivity contribution is 8.59. The van der Waals surface area contributed by atoms with Gasteiger partial charge in [-0.05, 0) is 19.3 Å². The molecule has 0 aromatic rings. The van der Waals surface area contributed by atoms with Crippen LogP contribution in [0.15, 0.2) is 0 Å². The van der Waals surface area contributed by atoms with Gasteiger partial charge in [0.25, 0.3) is 6.47 Å². The van der Waals surface area contributed by atoms with Crippen LogP contribution in [0.3, 0.4) is 0 Å². The van der Waals surface area contributed by atoms with Gasteiger partial charge in [0.1, 0.15) is 32.9 Å². The van der Waals surface area contributed by atoms with Gasteiger partial charge in [0.15, 0.2) is 12.2 Å². The molecule has 16 heteroatoms. The van der Waals surface area contributed by atoms with Crippen LogP contribution in [-0.2, 0) is 62.0 Å². The average molecular weight is 1020 g/mol. The Bertz CT molecular complexity index is 1020. The van der Waals surface area contributed by atoms with Crippen molar-refractivity contribution in [3.8, 4) is 0 Å². The van der Waals surface area contributed by atoms with Crippen molar-refractivity contribution in [2.75, 3.05) is 46.6 Å². The van der Waals surface area contributed by atoms with Gasteiger partial charge in [0, 0.05) is 39.2 Å². The molecule has 14 nitrogen and oxygen atoms in total. The predicted octanol–water partition coefficient (Wildman–Crippen LogP) is 11.7. The molecule has 0 aliphatic carbocycles. The topological polar surface area (TPSA) is 191 Å². The molecule has 408 valence electrons. The summed E-state index contributed by atoms with van der Waals surface area (Å²) in [5.41, 5.74) is 0. The minimum Gasteiger partial charge on any atom is -0.464 e. The van der Waals surface area contributed by atoms with Crippen molar-refractivity contribution < 1.29 is 67.3 Å². The SMILES string of the molecule is C.C=O.CC.CCCCCCCC.CCCCCCCC(=O)OCC(COC)OC(=O)CCC[NH2+]CCCC(=O)OC(COC=O)COC(=O)CCCCCCC.CCCCCCCC=O.SS. The fourth-order valence-corrected chi connectivity index (χ4v) is 5.93. The summed E-state index contributed by atoms with van der Waals surface area (Å²) in [7, 11) is 1.49. The molecule has 0 saturated heterocycles. The third-order valence-corrected chi connectivity index (χ3v) is 9.59. The largest absolute Gasteiger partial charge is 0.464 e. The molecule has 2 unspecified atom stereocenters. The van der Waals surface area contributed by atoms with Crippen molar-refractivity contribution in [3.05, 3.63) is 0 Å². The number of ether oxygens (including phenoxy) is 6. The van der Waals surface area contributed by atoms with E-state index in [0.29, 0.717) is 38.8 Å². The summed E-state index contributed by atoms with van der Waals surface area (Å²) in [6.07, 6.45) is 27.3. The summed E-state index contributed by atoms with van der Waals surface area (Å²) in [4.78, 5) is 76.7. The molecule has 0 aliphatic rings. The Morgan fingerprint density at radius 2 is 0.809 bits per heavy atom. The van der Waals surface area contributed by atoms with Crippen molar-refractivity contribution in [2.45, 2.75) is 248 Å². The maximum absolute atomic E-state index is 12.2.